The Morgan fingerprint density at radius 1 is 1.14 bits per heavy atom. The van der Waals surface area contributed by atoms with Gasteiger partial charge in [-0.1, -0.05) is 18.2 Å². The fraction of sp³-hybridized carbons (Fsp3) is 0.300. The number of carbonyl (C=O) groups excluding carboxylic acids is 2. The number of fused-ring (bicyclic) bond motifs is 1. The second kappa shape index (κ2) is 8.08. The molecule has 0 aliphatic carbocycles. The summed E-state index contributed by atoms with van der Waals surface area (Å²) in [4.78, 5) is 38.4. The molecule has 1 aliphatic rings. The average molecular weight is 383 g/mol. The molecular weight excluding hydrogens is 362 g/mol. The van der Waals surface area contributed by atoms with E-state index in [1.165, 1.54) is 29.2 Å². The van der Waals surface area contributed by atoms with Crippen molar-refractivity contribution in [3.8, 4) is 0 Å². The number of benzene rings is 2. The fourth-order valence-electron chi connectivity index (χ4n) is 3.16. The number of para-hydroxylation sites is 1. The number of carbonyl (C=O) groups is 2. The molecule has 0 bridgehead atoms. The van der Waals surface area contributed by atoms with Crippen molar-refractivity contribution in [1.29, 1.82) is 0 Å². The van der Waals surface area contributed by atoms with E-state index in [0.29, 0.717) is 30.6 Å². The van der Waals surface area contributed by atoms with Crippen LogP contribution in [0.1, 0.15) is 34.9 Å². The average Bonchev–Trinajstić information content (AvgIpc) is 2.87. The number of non-ortho nitro benzene ring substituents is 1. The van der Waals surface area contributed by atoms with E-state index in [1.54, 1.807) is 19.0 Å². The Balaban J connectivity index is 1.91. The molecule has 1 unspecified atom stereocenters. The molecule has 1 atom stereocenters. The molecule has 28 heavy (non-hydrogen) atoms. The van der Waals surface area contributed by atoms with Gasteiger partial charge in [-0.3, -0.25) is 14.9 Å². The van der Waals surface area contributed by atoms with Crippen LogP contribution >= 0.6 is 0 Å². The van der Waals surface area contributed by atoms with Gasteiger partial charge in [0.1, 0.15) is 6.10 Å². The van der Waals surface area contributed by atoms with Crippen molar-refractivity contribution >= 4 is 23.4 Å². The molecule has 0 radical (unpaired) electrons. The van der Waals surface area contributed by atoms with Gasteiger partial charge in [-0.05, 0) is 31.0 Å². The van der Waals surface area contributed by atoms with Gasteiger partial charge in [-0.25, -0.2) is 4.79 Å². The highest BCUT2D eigenvalue weighted by atomic mass is 16.6. The van der Waals surface area contributed by atoms with Crippen molar-refractivity contribution in [2.45, 2.75) is 18.9 Å². The van der Waals surface area contributed by atoms with E-state index in [0.717, 1.165) is 5.56 Å². The molecule has 8 nitrogen and oxygen atoms in total. The first-order valence-electron chi connectivity index (χ1n) is 8.91. The Hall–Kier alpha value is -3.42. The Morgan fingerprint density at radius 3 is 2.46 bits per heavy atom. The van der Waals surface area contributed by atoms with Crippen LogP contribution in [0.2, 0.25) is 0 Å². The van der Waals surface area contributed by atoms with Gasteiger partial charge < -0.3 is 14.5 Å². The molecular formula is C20H21N3O5. The number of nitro benzene ring substituents is 1. The largest absolute Gasteiger partial charge is 0.441 e. The summed E-state index contributed by atoms with van der Waals surface area (Å²) in [6.07, 6.45) is 0.370. The number of anilines is 1. The third-order valence-electron chi connectivity index (χ3n) is 4.60. The number of rotatable bonds is 3. The van der Waals surface area contributed by atoms with E-state index in [2.05, 4.69) is 0 Å². The Kier molecular flexibility index (Phi) is 5.58. The minimum atomic E-state index is -0.501. The number of amides is 2. The second-order valence-corrected chi connectivity index (χ2v) is 6.73. The summed E-state index contributed by atoms with van der Waals surface area (Å²) in [6, 6.07) is 12.9. The molecule has 1 heterocycles. The number of ether oxygens (including phenoxy) is 1. The lowest BCUT2D eigenvalue weighted by Crippen LogP contribution is -2.31. The quantitative estimate of drug-likeness (QED) is 0.594. The molecule has 0 N–H and O–H groups in total. The molecule has 0 saturated heterocycles. The maximum absolute atomic E-state index is 13.1. The van der Waals surface area contributed by atoms with Gasteiger partial charge in [0, 0.05) is 43.9 Å². The van der Waals surface area contributed by atoms with E-state index in [4.69, 9.17) is 4.74 Å². The third-order valence-corrected chi connectivity index (χ3v) is 4.60. The summed E-state index contributed by atoms with van der Waals surface area (Å²) in [5, 5.41) is 10.8. The minimum absolute atomic E-state index is 0.0662. The van der Waals surface area contributed by atoms with Gasteiger partial charge in [0.25, 0.3) is 11.6 Å². The summed E-state index contributed by atoms with van der Waals surface area (Å²) in [5.74, 6) is -0.248. The van der Waals surface area contributed by atoms with Crippen LogP contribution in [-0.2, 0) is 4.74 Å². The standard InChI is InChI=1S/C20H21N3O5/c1-21(2)20(25)28-18-8-5-13-22(17-7-4-3-6-16(17)18)19(24)14-9-11-15(12-10-14)23(26)27/h3-4,6-7,9-12,18H,5,8,13H2,1-2H3. The summed E-state index contributed by atoms with van der Waals surface area (Å²) in [6.45, 7) is 0.461. The number of nitrogens with zero attached hydrogens (tertiary/aromatic N) is 3. The first kappa shape index (κ1) is 19.3. The van der Waals surface area contributed by atoms with Crippen molar-refractivity contribution in [3.05, 3.63) is 69.8 Å². The predicted molar refractivity (Wildman–Crippen MR) is 103 cm³/mol. The van der Waals surface area contributed by atoms with Gasteiger partial charge in [-0.2, -0.15) is 0 Å². The van der Waals surface area contributed by atoms with Crippen LogP contribution in [0.15, 0.2) is 48.5 Å². The highest BCUT2D eigenvalue weighted by molar-refractivity contribution is 6.06. The monoisotopic (exact) mass is 383 g/mol. The Bertz CT molecular complexity index is 895. The SMILES string of the molecule is CN(C)C(=O)OC1CCCN(C(=O)c2ccc([N+](=O)[O-])cc2)c2ccccc21. The van der Waals surface area contributed by atoms with E-state index in [-0.39, 0.29) is 11.6 Å². The van der Waals surface area contributed by atoms with E-state index in [1.807, 2.05) is 24.3 Å². The molecule has 0 aromatic heterocycles. The lowest BCUT2D eigenvalue weighted by molar-refractivity contribution is -0.384. The topological polar surface area (TPSA) is 93.0 Å². The van der Waals surface area contributed by atoms with Crippen LogP contribution in [0.5, 0.6) is 0 Å². The van der Waals surface area contributed by atoms with Crippen molar-refractivity contribution in [3.63, 3.8) is 0 Å². The van der Waals surface area contributed by atoms with Gasteiger partial charge >= 0.3 is 6.09 Å². The number of hydrogen-bond acceptors (Lipinski definition) is 5. The molecule has 2 amide bonds. The van der Waals surface area contributed by atoms with Crippen LogP contribution in [0, 0.1) is 10.1 Å². The van der Waals surface area contributed by atoms with Gasteiger partial charge in [0.05, 0.1) is 10.6 Å². The van der Waals surface area contributed by atoms with E-state index >= 15 is 0 Å². The maximum atomic E-state index is 13.1. The molecule has 3 rings (SSSR count). The molecule has 146 valence electrons. The number of nitro groups is 1. The summed E-state index contributed by atoms with van der Waals surface area (Å²) in [7, 11) is 3.24. The molecule has 0 spiro atoms. The lowest BCUT2D eigenvalue weighted by atomic mass is 10.0. The smallest absolute Gasteiger partial charge is 0.409 e. The van der Waals surface area contributed by atoms with Gasteiger partial charge in [0.15, 0.2) is 0 Å². The van der Waals surface area contributed by atoms with E-state index in [9.17, 15) is 19.7 Å². The van der Waals surface area contributed by atoms with Crippen LogP contribution in [-0.4, -0.2) is 42.5 Å². The van der Waals surface area contributed by atoms with Crippen LogP contribution in [0.25, 0.3) is 0 Å². The van der Waals surface area contributed by atoms with Crippen LogP contribution in [0.4, 0.5) is 16.2 Å². The lowest BCUT2D eigenvalue weighted by Gasteiger charge is -2.24. The zero-order valence-electron chi connectivity index (χ0n) is 15.7. The summed E-state index contributed by atoms with van der Waals surface area (Å²) in [5.41, 5.74) is 1.75. The molecule has 0 fully saturated rings. The molecule has 2 aromatic carbocycles. The predicted octanol–water partition coefficient (Wildman–Crippen LogP) is 3.77. The highest BCUT2D eigenvalue weighted by Gasteiger charge is 2.29. The third kappa shape index (κ3) is 3.95. The van der Waals surface area contributed by atoms with Crippen LogP contribution < -0.4 is 4.90 Å². The summed E-state index contributed by atoms with van der Waals surface area (Å²) >= 11 is 0. The number of hydrogen-bond donors (Lipinski definition) is 0. The van der Waals surface area contributed by atoms with E-state index < -0.39 is 17.1 Å². The zero-order valence-corrected chi connectivity index (χ0v) is 15.7. The molecule has 1 aliphatic heterocycles. The van der Waals surface area contributed by atoms with Gasteiger partial charge in [-0.15, -0.1) is 0 Å². The first-order chi connectivity index (χ1) is 13.4. The van der Waals surface area contributed by atoms with Crippen molar-refractivity contribution in [1.82, 2.24) is 4.90 Å². The Morgan fingerprint density at radius 2 is 1.82 bits per heavy atom. The Labute approximate surface area is 162 Å². The highest BCUT2D eigenvalue weighted by Crippen LogP contribution is 2.36. The molecule has 8 heteroatoms. The first-order valence-corrected chi connectivity index (χ1v) is 8.91. The fourth-order valence-corrected chi connectivity index (χ4v) is 3.16. The minimum Gasteiger partial charge on any atom is -0.441 e. The van der Waals surface area contributed by atoms with Crippen molar-refractivity contribution < 1.29 is 19.2 Å². The van der Waals surface area contributed by atoms with Crippen molar-refractivity contribution in [2.24, 2.45) is 0 Å². The molecule has 2 aromatic rings. The second-order valence-electron chi connectivity index (χ2n) is 6.73. The maximum Gasteiger partial charge on any atom is 0.409 e. The molecule has 0 saturated carbocycles. The van der Waals surface area contributed by atoms with Crippen LogP contribution in [0.3, 0.4) is 0 Å². The summed E-state index contributed by atoms with van der Waals surface area (Å²) < 4.78 is 5.61. The normalized spacial score (nSPS) is 15.9. The van der Waals surface area contributed by atoms with Gasteiger partial charge in [0.2, 0.25) is 0 Å². The zero-order chi connectivity index (χ0) is 20.3. The van der Waals surface area contributed by atoms with Crippen molar-refractivity contribution in [2.75, 3.05) is 25.5 Å².